The van der Waals surface area contributed by atoms with E-state index in [4.69, 9.17) is 5.73 Å². The molecule has 1 aliphatic rings. The number of rotatable bonds is 4. The summed E-state index contributed by atoms with van der Waals surface area (Å²) in [5.74, 6) is -0.0713. The number of nitrogens with zero attached hydrogens (tertiary/aromatic N) is 1. The second kappa shape index (κ2) is 6.22. The lowest BCUT2D eigenvalue weighted by Gasteiger charge is -2.34. The molecule has 0 saturated heterocycles. The number of benzene rings is 1. The zero-order valence-electron chi connectivity index (χ0n) is 12.2. The van der Waals surface area contributed by atoms with Crippen molar-refractivity contribution in [3.8, 4) is 0 Å². The van der Waals surface area contributed by atoms with Crippen molar-refractivity contribution in [1.29, 1.82) is 0 Å². The highest BCUT2D eigenvalue weighted by Gasteiger charge is 2.38. The molecule has 0 aromatic heterocycles. The summed E-state index contributed by atoms with van der Waals surface area (Å²) in [6.07, 6.45) is 4.79. The average molecular weight is 291 g/mol. The van der Waals surface area contributed by atoms with E-state index in [0.29, 0.717) is 17.8 Å². The summed E-state index contributed by atoms with van der Waals surface area (Å²) in [4.78, 5) is 22.9. The Labute approximate surface area is 123 Å². The van der Waals surface area contributed by atoms with Gasteiger partial charge in [0.1, 0.15) is 0 Å². The van der Waals surface area contributed by atoms with Crippen LogP contribution in [0, 0.1) is 22.5 Å². The van der Waals surface area contributed by atoms with Crippen LogP contribution in [0.5, 0.6) is 0 Å². The molecule has 0 atom stereocenters. The van der Waals surface area contributed by atoms with E-state index in [-0.39, 0.29) is 11.6 Å². The Balaban J connectivity index is 2.15. The van der Waals surface area contributed by atoms with Crippen molar-refractivity contribution in [1.82, 2.24) is 0 Å². The Morgan fingerprint density at radius 3 is 2.57 bits per heavy atom. The van der Waals surface area contributed by atoms with Crippen LogP contribution in [0.25, 0.3) is 0 Å². The second-order valence-electron chi connectivity index (χ2n) is 5.76. The van der Waals surface area contributed by atoms with E-state index >= 15 is 0 Å². The summed E-state index contributed by atoms with van der Waals surface area (Å²) in [6, 6.07) is 4.61. The van der Waals surface area contributed by atoms with E-state index in [1.54, 1.807) is 19.1 Å². The molecule has 1 aliphatic carbocycles. The van der Waals surface area contributed by atoms with Crippen molar-refractivity contribution >= 4 is 17.3 Å². The molecule has 6 heteroatoms. The van der Waals surface area contributed by atoms with Gasteiger partial charge in [0, 0.05) is 23.9 Å². The molecule has 1 aromatic carbocycles. The number of carbonyl (C=O) groups is 1. The van der Waals surface area contributed by atoms with E-state index < -0.39 is 10.3 Å². The lowest BCUT2D eigenvalue weighted by atomic mass is 9.73. The lowest BCUT2D eigenvalue weighted by Crippen LogP contribution is -2.43. The van der Waals surface area contributed by atoms with Crippen LogP contribution in [0.1, 0.15) is 37.7 Å². The molecule has 1 aromatic rings. The van der Waals surface area contributed by atoms with Crippen LogP contribution in [-0.4, -0.2) is 17.4 Å². The summed E-state index contributed by atoms with van der Waals surface area (Å²) in [7, 11) is 0. The predicted octanol–water partition coefficient (Wildman–Crippen LogP) is 2.75. The zero-order chi connectivity index (χ0) is 15.5. The molecule has 0 bridgehead atoms. The van der Waals surface area contributed by atoms with Gasteiger partial charge in [0.15, 0.2) is 0 Å². The number of anilines is 1. The molecular weight excluding hydrogens is 270 g/mol. The van der Waals surface area contributed by atoms with Crippen LogP contribution in [0.2, 0.25) is 0 Å². The summed E-state index contributed by atoms with van der Waals surface area (Å²) in [6.45, 7) is 2.00. The number of aryl methyl sites for hydroxylation is 1. The first kappa shape index (κ1) is 15.4. The maximum atomic E-state index is 12.5. The fourth-order valence-electron chi connectivity index (χ4n) is 2.95. The van der Waals surface area contributed by atoms with Gasteiger partial charge in [-0.15, -0.1) is 0 Å². The van der Waals surface area contributed by atoms with Crippen molar-refractivity contribution < 1.29 is 9.72 Å². The standard InChI is InChI=1S/C15H21N3O3/c1-11-9-12(5-6-13(11)18(20)21)17-14(19)15(10-16)7-3-2-4-8-15/h5-6,9H,2-4,7-8,10,16H2,1H3,(H,17,19). The molecule has 3 N–H and O–H groups in total. The fraction of sp³-hybridized carbons (Fsp3) is 0.533. The number of nitro benzene ring substituents is 1. The van der Waals surface area contributed by atoms with Gasteiger partial charge in [0.05, 0.1) is 10.3 Å². The first-order valence-electron chi connectivity index (χ1n) is 7.25. The van der Waals surface area contributed by atoms with Gasteiger partial charge < -0.3 is 11.1 Å². The van der Waals surface area contributed by atoms with Gasteiger partial charge in [-0.25, -0.2) is 0 Å². The minimum atomic E-state index is -0.492. The Hall–Kier alpha value is -1.95. The molecule has 0 aliphatic heterocycles. The van der Waals surface area contributed by atoms with E-state index in [0.717, 1.165) is 32.1 Å². The zero-order valence-corrected chi connectivity index (χ0v) is 12.2. The average Bonchev–Trinajstić information content (AvgIpc) is 2.47. The molecule has 1 saturated carbocycles. The SMILES string of the molecule is Cc1cc(NC(=O)C2(CN)CCCCC2)ccc1[N+](=O)[O-]. The summed E-state index contributed by atoms with van der Waals surface area (Å²) < 4.78 is 0. The normalized spacial score (nSPS) is 17.2. The number of hydrogen-bond donors (Lipinski definition) is 2. The highest BCUT2D eigenvalue weighted by Crippen LogP contribution is 2.36. The molecule has 0 spiro atoms. The minimum absolute atomic E-state index is 0.0548. The van der Waals surface area contributed by atoms with Gasteiger partial charge in [-0.2, -0.15) is 0 Å². The molecule has 1 fully saturated rings. The first-order chi connectivity index (χ1) is 9.98. The number of amides is 1. The van der Waals surface area contributed by atoms with Gasteiger partial charge >= 0.3 is 0 Å². The third-order valence-corrected chi connectivity index (χ3v) is 4.33. The largest absolute Gasteiger partial charge is 0.329 e. The maximum Gasteiger partial charge on any atom is 0.272 e. The molecule has 2 rings (SSSR count). The molecule has 1 amide bonds. The molecule has 21 heavy (non-hydrogen) atoms. The van der Waals surface area contributed by atoms with Gasteiger partial charge in [-0.1, -0.05) is 19.3 Å². The molecule has 6 nitrogen and oxygen atoms in total. The lowest BCUT2D eigenvalue weighted by molar-refractivity contribution is -0.385. The number of carbonyl (C=O) groups excluding carboxylic acids is 1. The third-order valence-electron chi connectivity index (χ3n) is 4.33. The monoisotopic (exact) mass is 291 g/mol. The Kier molecular flexibility index (Phi) is 4.57. The number of nitro groups is 1. The van der Waals surface area contributed by atoms with Crippen LogP contribution < -0.4 is 11.1 Å². The fourth-order valence-corrected chi connectivity index (χ4v) is 2.95. The van der Waals surface area contributed by atoms with Crippen molar-refractivity contribution in [3.63, 3.8) is 0 Å². The van der Waals surface area contributed by atoms with Gasteiger partial charge in [0.25, 0.3) is 5.69 Å². The summed E-state index contributed by atoms with van der Waals surface area (Å²) >= 11 is 0. The van der Waals surface area contributed by atoms with Crippen LogP contribution in [0.4, 0.5) is 11.4 Å². The smallest absolute Gasteiger partial charge is 0.272 e. The molecule has 0 radical (unpaired) electrons. The molecular formula is C15H21N3O3. The topological polar surface area (TPSA) is 98.3 Å². The Morgan fingerprint density at radius 2 is 2.05 bits per heavy atom. The van der Waals surface area contributed by atoms with E-state index in [9.17, 15) is 14.9 Å². The van der Waals surface area contributed by atoms with Crippen LogP contribution >= 0.6 is 0 Å². The Morgan fingerprint density at radius 1 is 1.38 bits per heavy atom. The molecule has 0 unspecified atom stereocenters. The maximum absolute atomic E-state index is 12.5. The first-order valence-corrected chi connectivity index (χ1v) is 7.25. The van der Waals surface area contributed by atoms with Crippen molar-refractivity contribution in [3.05, 3.63) is 33.9 Å². The number of nitrogens with one attached hydrogen (secondary N) is 1. The van der Waals surface area contributed by atoms with Gasteiger partial charge in [-0.3, -0.25) is 14.9 Å². The van der Waals surface area contributed by atoms with Crippen LogP contribution in [0.3, 0.4) is 0 Å². The number of nitrogens with two attached hydrogens (primary N) is 1. The van der Waals surface area contributed by atoms with E-state index in [1.165, 1.54) is 6.07 Å². The van der Waals surface area contributed by atoms with E-state index in [1.807, 2.05) is 0 Å². The minimum Gasteiger partial charge on any atom is -0.329 e. The predicted molar refractivity (Wildman–Crippen MR) is 81.0 cm³/mol. The quantitative estimate of drug-likeness (QED) is 0.658. The highest BCUT2D eigenvalue weighted by atomic mass is 16.6. The van der Waals surface area contributed by atoms with Crippen LogP contribution in [0.15, 0.2) is 18.2 Å². The Bertz CT molecular complexity index is 551. The highest BCUT2D eigenvalue weighted by molar-refractivity contribution is 5.95. The summed E-state index contributed by atoms with van der Waals surface area (Å²) in [5, 5.41) is 13.7. The van der Waals surface area contributed by atoms with Crippen LogP contribution in [-0.2, 0) is 4.79 Å². The van der Waals surface area contributed by atoms with Crippen molar-refractivity contribution in [2.24, 2.45) is 11.1 Å². The van der Waals surface area contributed by atoms with Gasteiger partial charge in [-0.05, 0) is 31.9 Å². The molecule has 0 heterocycles. The van der Waals surface area contributed by atoms with Gasteiger partial charge in [0.2, 0.25) is 5.91 Å². The number of hydrogen-bond acceptors (Lipinski definition) is 4. The molecule has 114 valence electrons. The van der Waals surface area contributed by atoms with Crippen molar-refractivity contribution in [2.75, 3.05) is 11.9 Å². The van der Waals surface area contributed by atoms with E-state index in [2.05, 4.69) is 5.32 Å². The van der Waals surface area contributed by atoms with Crippen molar-refractivity contribution in [2.45, 2.75) is 39.0 Å². The third kappa shape index (κ3) is 3.21. The second-order valence-corrected chi connectivity index (χ2v) is 5.76. The summed E-state index contributed by atoms with van der Waals surface area (Å²) in [5.41, 5.74) is 6.51.